The molecule has 5 nitrogen and oxygen atoms in total. The van der Waals surface area contributed by atoms with Crippen LogP contribution in [0.1, 0.15) is 33.6 Å². The van der Waals surface area contributed by atoms with Gasteiger partial charge >= 0.3 is 5.97 Å². The van der Waals surface area contributed by atoms with E-state index in [1.165, 1.54) is 0 Å². The van der Waals surface area contributed by atoms with Crippen LogP contribution in [-0.4, -0.2) is 60.9 Å². The van der Waals surface area contributed by atoms with Crippen molar-refractivity contribution in [2.24, 2.45) is 5.92 Å². The molecular weight excluding hydrogens is 244 g/mol. The van der Waals surface area contributed by atoms with Gasteiger partial charge < -0.3 is 9.84 Å². The van der Waals surface area contributed by atoms with Gasteiger partial charge in [-0.25, -0.2) is 0 Å². The van der Waals surface area contributed by atoms with E-state index < -0.39 is 11.5 Å². The molecule has 0 saturated heterocycles. The molecule has 0 spiro atoms. The molecular formula is C14H28N2O3. The predicted molar refractivity (Wildman–Crippen MR) is 75.3 cm³/mol. The molecule has 2 atom stereocenters. The summed E-state index contributed by atoms with van der Waals surface area (Å²) in [4.78, 5) is 13.9. The molecule has 0 aromatic rings. The second-order valence-corrected chi connectivity index (χ2v) is 6.07. The largest absolute Gasteiger partial charge is 0.480 e. The van der Waals surface area contributed by atoms with E-state index in [-0.39, 0.29) is 18.0 Å². The van der Waals surface area contributed by atoms with Crippen molar-refractivity contribution in [1.29, 1.82) is 0 Å². The summed E-state index contributed by atoms with van der Waals surface area (Å²) in [6.07, 6.45) is 2.00. The zero-order valence-electron chi connectivity index (χ0n) is 12.8. The lowest BCUT2D eigenvalue weighted by Crippen LogP contribution is -2.63. The average molecular weight is 272 g/mol. The molecule has 0 heterocycles. The Morgan fingerprint density at radius 3 is 2.42 bits per heavy atom. The number of likely N-dealkylation sites (N-methyl/N-ethyl adjacent to an activating group) is 1. The lowest BCUT2D eigenvalue weighted by Gasteiger charge is -2.38. The van der Waals surface area contributed by atoms with Crippen molar-refractivity contribution in [3.8, 4) is 0 Å². The molecule has 2 N–H and O–H groups in total. The summed E-state index contributed by atoms with van der Waals surface area (Å²) in [5.74, 6) is -0.496. The lowest BCUT2D eigenvalue weighted by atomic mass is 9.91. The van der Waals surface area contributed by atoms with Crippen molar-refractivity contribution in [3.05, 3.63) is 0 Å². The lowest BCUT2D eigenvalue weighted by molar-refractivity contribution is -0.147. The summed E-state index contributed by atoms with van der Waals surface area (Å²) >= 11 is 0. The Labute approximate surface area is 116 Å². The number of aliphatic carboxylic acids is 1. The van der Waals surface area contributed by atoms with Crippen LogP contribution >= 0.6 is 0 Å². The third-order valence-corrected chi connectivity index (χ3v) is 3.86. The molecule has 1 aliphatic rings. The number of hydrogen-bond donors (Lipinski definition) is 2. The van der Waals surface area contributed by atoms with Gasteiger partial charge in [0.05, 0.1) is 6.61 Å². The fourth-order valence-electron chi connectivity index (χ4n) is 2.61. The van der Waals surface area contributed by atoms with E-state index in [0.29, 0.717) is 13.2 Å². The molecule has 1 rings (SSSR count). The van der Waals surface area contributed by atoms with Gasteiger partial charge in [0.15, 0.2) is 0 Å². The first-order chi connectivity index (χ1) is 8.83. The Morgan fingerprint density at radius 1 is 1.47 bits per heavy atom. The zero-order valence-corrected chi connectivity index (χ0v) is 12.8. The van der Waals surface area contributed by atoms with E-state index in [2.05, 4.69) is 17.1 Å². The first kappa shape index (κ1) is 16.4. The van der Waals surface area contributed by atoms with Crippen molar-refractivity contribution in [1.82, 2.24) is 10.2 Å². The minimum absolute atomic E-state index is 0.155. The molecule has 1 fully saturated rings. The summed E-state index contributed by atoms with van der Waals surface area (Å²) in [5, 5.41) is 13.0. The quantitative estimate of drug-likeness (QED) is 0.660. The van der Waals surface area contributed by atoms with Crippen LogP contribution in [0.5, 0.6) is 0 Å². The average Bonchev–Trinajstić information content (AvgIpc) is 3.11. The standard InChI is InChI=1S/C14H28N2O3/c1-10(2)15-14(13(17)18,12-6-7-12)9-16(4)11(3)8-19-5/h10-12,15H,6-9H2,1-5H3,(H,17,18). The molecule has 19 heavy (non-hydrogen) atoms. The van der Waals surface area contributed by atoms with Crippen molar-refractivity contribution in [2.75, 3.05) is 27.3 Å². The highest BCUT2D eigenvalue weighted by Gasteiger charge is 2.52. The summed E-state index contributed by atoms with van der Waals surface area (Å²) in [7, 11) is 3.63. The van der Waals surface area contributed by atoms with E-state index in [1.807, 2.05) is 20.9 Å². The molecule has 112 valence electrons. The Bertz CT molecular complexity index is 305. The maximum Gasteiger partial charge on any atom is 0.325 e. The van der Waals surface area contributed by atoms with Gasteiger partial charge in [-0.2, -0.15) is 0 Å². The minimum atomic E-state index is -0.828. The van der Waals surface area contributed by atoms with Gasteiger partial charge in [-0.1, -0.05) is 0 Å². The van der Waals surface area contributed by atoms with Crippen molar-refractivity contribution in [2.45, 2.75) is 51.2 Å². The monoisotopic (exact) mass is 272 g/mol. The number of carboxylic acids is 1. The van der Waals surface area contributed by atoms with Crippen LogP contribution in [-0.2, 0) is 9.53 Å². The molecule has 5 heteroatoms. The number of methoxy groups -OCH3 is 1. The number of ether oxygens (including phenoxy) is 1. The molecule has 0 radical (unpaired) electrons. The summed E-state index contributed by atoms with van der Waals surface area (Å²) in [6.45, 7) is 7.17. The fourth-order valence-corrected chi connectivity index (χ4v) is 2.61. The van der Waals surface area contributed by atoms with Crippen LogP contribution in [0.15, 0.2) is 0 Å². The Kier molecular flexibility index (Phi) is 5.77. The second-order valence-electron chi connectivity index (χ2n) is 6.07. The molecule has 2 unspecified atom stereocenters. The maximum absolute atomic E-state index is 11.8. The van der Waals surface area contributed by atoms with Gasteiger partial charge in [0, 0.05) is 25.7 Å². The first-order valence-electron chi connectivity index (χ1n) is 7.03. The van der Waals surface area contributed by atoms with Crippen molar-refractivity contribution < 1.29 is 14.6 Å². The molecule has 1 aliphatic carbocycles. The minimum Gasteiger partial charge on any atom is -0.480 e. The van der Waals surface area contributed by atoms with Gasteiger partial charge in [0.2, 0.25) is 0 Å². The van der Waals surface area contributed by atoms with E-state index in [0.717, 1.165) is 12.8 Å². The highest BCUT2D eigenvalue weighted by Crippen LogP contribution is 2.41. The van der Waals surface area contributed by atoms with Crippen LogP contribution in [0.25, 0.3) is 0 Å². The van der Waals surface area contributed by atoms with Gasteiger partial charge in [0.25, 0.3) is 0 Å². The number of rotatable bonds is 9. The third kappa shape index (κ3) is 4.16. The number of nitrogens with zero attached hydrogens (tertiary/aromatic N) is 1. The number of nitrogens with one attached hydrogen (secondary N) is 1. The molecule has 0 bridgehead atoms. The molecule has 0 amide bonds. The molecule has 0 aromatic heterocycles. The van der Waals surface area contributed by atoms with Crippen LogP contribution < -0.4 is 5.32 Å². The van der Waals surface area contributed by atoms with Gasteiger partial charge in [-0.3, -0.25) is 15.0 Å². The first-order valence-corrected chi connectivity index (χ1v) is 7.03. The van der Waals surface area contributed by atoms with Gasteiger partial charge in [-0.05, 0) is 46.6 Å². The molecule has 0 aromatic carbocycles. The van der Waals surface area contributed by atoms with Crippen LogP contribution in [0.4, 0.5) is 0 Å². The van der Waals surface area contributed by atoms with E-state index >= 15 is 0 Å². The van der Waals surface area contributed by atoms with Crippen molar-refractivity contribution >= 4 is 5.97 Å². The van der Waals surface area contributed by atoms with Crippen molar-refractivity contribution in [3.63, 3.8) is 0 Å². The maximum atomic E-state index is 11.8. The van der Waals surface area contributed by atoms with Crippen LogP contribution in [0, 0.1) is 5.92 Å². The fraction of sp³-hybridized carbons (Fsp3) is 0.929. The highest BCUT2D eigenvalue weighted by molar-refractivity contribution is 5.80. The molecule has 0 aliphatic heterocycles. The predicted octanol–water partition coefficient (Wildman–Crippen LogP) is 1.18. The summed E-state index contributed by atoms with van der Waals surface area (Å²) < 4.78 is 5.15. The van der Waals surface area contributed by atoms with Gasteiger partial charge in [0.1, 0.15) is 5.54 Å². The smallest absolute Gasteiger partial charge is 0.325 e. The summed E-state index contributed by atoms with van der Waals surface area (Å²) in [6, 6.07) is 0.360. The number of hydrogen-bond acceptors (Lipinski definition) is 4. The Morgan fingerprint density at radius 2 is 2.05 bits per heavy atom. The Hall–Kier alpha value is -0.650. The van der Waals surface area contributed by atoms with E-state index in [4.69, 9.17) is 4.74 Å². The van der Waals surface area contributed by atoms with Crippen LogP contribution in [0.2, 0.25) is 0 Å². The SMILES string of the molecule is COCC(C)N(C)CC(NC(C)C)(C(=O)O)C1CC1. The Balaban J connectivity index is 2.81. The van der Waals surface area contributed by atoms with Crippen LogP contribution in [0.3, 0.4) is 0 Å². The normalized spacial score (nSPS) is 20.6. The molecule has 1 saturated carbocycles. The topological polar surface area (TPSA) is 61.8 Å². The number of carbonyl (C=O) groups is 1. The third-order valence-electron chi connectivity index (χ3n) is 3.86. The number of carboxylic acid groups (broad SMARTS) is 1. The highest BCUT2D eigenvalue weighted by atomic mass is 16.5. The summed E-state index contributed by atoms with van der Waals surface area (Å²) in [5.41, 5.74) is -0.828. The van der Waals surface area contributed by atoms with E-state index in [1.54, 1.807) is 7.11 Å². The second kappa shape index (κ2) is 6.68. The zero-order chi connectivity index (χ0) is 14.6. The van der Waals surface area contributed by atoms with E-state index in [9.17, 15) is 9.90 Å². The van der Waals surface area contributed by atoms with Gasteiger partial charge in [-0.15, -0.1) is 0 Å².